The summed E-state index contributed by atoms with van der Waals surface area (Å²) >= 11 is 0. The van der Waals surface area contributed by atoms with E-state index in [4.69, 9.17) is 4.74 Å². The second kappa shape index (κ2) is 5.78. The second-order valence-corrected chi connectivity index (χ2v) is 10.9. The highest BCUT2D eigenvalue weighted by Crippen LogP contribution is 2.77. The number of aliphatic hydroxyl groups excluding tert-OH is 1. The van der Waals surface area contributed by atoms with Gasteiger partial charge in [-0.1, -0.05) is 34.6 Å². The predicted molar refractivity (Wildman–Crippen MR) is 102 cm³/mol. The van der Waals surface area contributed by atoms with E-state index in [1.807, 2.05) is 0 Å². The summed E-state index contributed by atoms with van der Waals surface area (Å²) in [7, 11) is 0. The van der Waals surface area contributed by atoms with Crippen LogP contribution >= 0.6 is 0 Å². The quantitative estimate of drug-likeness (QED) is 0.568. The molecule has 0 aromatic carbocycles. The van der Waals surface area contributed by atoms with E-state index in [0.717, 1.165) is 44.9 Å². The molecule has 3 unspecified atom stereocenters. The first-order valence-corrected chi connectivity index (χ1v) is 10.3. The zero-order valence-electron chi connectivity index (χ0n) is 17.5. The van der Waals surface area contributed by atoms with Crippen LogP contribution in [0.2, 0.25) is 0 Å². The molecule has 3 saturated carbocycles. The summed E-state index contributed by atoms with van der Waals surface area (Å²) in [4.78, 5) is 11.9. The number of hydrogen-bond donors (Lipinski definition) is 2. The van der Waals surface area contributed by atoms with Crippen LogP contribution in [0.15, 0.2) is 0 Å². The van der Waals surface area contributed by atoms with Gasteiger partial charge in [-0.25, -0.2) is 0 Å². The Labute approximate surface area is 158 Å². The molecular weight excluding hydrogens is 328 g/mol. The predicted octanol–water partition coefficient (Wildman–Crippen LogP) is 4.07. The number of fused-ring (bicyclic) bond motifs is 2. The number of carbonyl (C=O) groups excluding carboxylic acids is 1. The molecule has 3 rings (SSSR count). The lowest BCUT2D eigenvalue weighted by Gasteiger charge is -2.46. The Morgan fingerprint density at radius 1 is 1.15 bits per heavy atom. The van der Waals surface area contributed by atoms with Crippen LogP contribution in [0, 0.1) is 27.6 Å². The highest BCUT2D eigenvalue weighted by Gasteiger charge is 2.72. The first kappa shape index (κ1) is 20.3. The molecule has 0 heterocycles. The van der Waals surface area contributed by atoms with Gasteiger partial charge in [0, 0.05) is 5.41 Å². The Morgan fingerprint density at radius 2 is 1.81 bits per heavy atom. The topological polar surface area (TPSA) is 66.8 Å². The van der Waals surface area contributed by atoms with Crippen molar-refractivity contribution in [2.75, 3.05) is 6.61 Å². The minimum absolute atomic E-state index is 0.0982. The smallest absolute Gasteiger partial charge is 0.186 e. The van der Waals surface area contributed by atoms with Crippen molar-refractivity contribution in [2.45, 2.75) is 97.9 Å². The van der Waals surface area contributed by atoms with E-state index in [0.29, 0.717) is 5.92 Å². The molecule has 3 aliphatic rings. The van der Waals surface area contributed by atoms with Crippen molar-refractivity contribution in [3.63, 3.8) is 0 Å². The van der Waals surface area contributed by atoms with Gasteiger partial charge in [0.1, 0.15) is 6.29 Å². The van der Waals surface area contributed by atoms with Crippen LogP contribution in [-0.2, 0) is 9.53 Å². The van der Waals surface area contributed by atoms with E-state index < -0.39 is 18.0 Å². The molecule has 1 spiro atoms. The first-order valence-electron chi connectivity index (χ1n) is 10.3. The molecule has 2 N–H and O–H groups in total. The molecule has 0 saturated heterocycles. The highest BCUT2D eigenvalue weighted by molar-refractivity contribution is 5.61. The third kappa shape index (κ3) is 2.48. The van der Waals surface area contributed by atoms with Crippen LogP contribution in [-0.4, -0.2) is 34.5 Å². The minimum atomic E-state index is -1.52. The molecule has 0 aliphatic heterocycles. The Bertz CT molecular complexity index is 585. The van der Waals surface area contributed by atoms with E-state index in [1.165, 1.54) is 6.29 Å². The maximum atomic E-state index is 11.9. The lowest BCUT2D eigenvalue weighted by molar-refractivity contribution is -0.292. The van der Waals surface area contributed by atoms with Crippen molar-refractivity contribution in [3.05, 3.63) is 0 Å². The molecule has 0 radical (unpaired) electrons. The van der Waals surface area contributed by atoms with Crippen LogP contribution in [0.5, 0.6) is 0 Å². The monoisotopic (exact) mass is 366 g/mol. The average Bonchev–Trinajstić information content (AvgIpc) is 3.08. The van der Waals surface area contributed by atoms with E-state index in [2.05, 4.69) is 34.6 Å². The van der Waals surface area contributed by atoms with Gasteiger partial charge in [0.15, 0.2) is 5.79 Å². The molecule has 0 bridgehead atoms. The van der Waals surface area contributed by atoms with Crippen molar-refractivity contribution in [3.8, 4) is 0 Å². The number of hydrogen-bond acceptors (Lipinski definition) is 4. The fourth-order valence-electron chi connectivity index (χ4n) is 7.47. The SMILES string of the molecule is CC[C@]1(OC(C)(O)CO)C[C@]2(CCC3C2(C)CC[C@@]3(C)C=O)CC1(C)C. The van der Waals surface area contributed by atoms with Crippen molar-refractivity contribution < 1.29 is 19.7 Å². The standard InChI is InChI=1S/C22H38O4/c1-7-22(26-20(6,25)15-24)13-21(12-17(22,2)3)9-8-16-18(4,14-23)10-11-19(16,21)5/h14,16,24-25H,7-13,15H2,1-6H3/t16?,18-,19?,20?,21-,22-/m0/s1. The molecule has 150 valence electrons. The largest absolute Gasteiger partial charge is 0.391 e. The van der Waals surface area contributed by atoms with Gasteiger partial charge in [0.05, 0.1) is 12.2 Å². The van der Waals surface area contributed by atoms with Gasteiger partial charge in [-0.15, -0.1) is 0 Å². The molecule has 3 aliphatic carbocycles. The van der Waals surface area contributed by atoms with E-state index in [1.54, 1.807) is 6.92 Å². The minimum Gasteiger partial charge on any atom is -0.391 e. The van der Waals surface area contributed by atoms with Gasteiger partial charge in [-0.05, 0) is 74.0 Å². The highest BCUT2D eigenvalue weighted by atomic mass is 16.6. The Kier molecular flexibility index (Phi) is 4.51. The van der Waals surface area contributed by atoms with E-state index in [9.17, 15) is 15.0 Å². The summed E-state index contributed by atoms with van der Waals surface area (Å²) < 4.78 is 6.29. The van der Waals surface area contributed by atoms with Gasteiger partial charge >= 0.3 is 0 Å². The summed E-state index contributed by atoms with van der Waals surface area (Å²) in [5.74, 6) is -1.08. The van der Waals surface area contributed by atoms with Gasteiger partial charge in [-0.2, -0.15) is 0 Å². The summed E-state index contributed by atoms with van der Waals surface area (Å²) in [5.41, 5.74) is -0.470. The Balaban J connectivity index is 2.00. The molecule has 0 amide bonds. The van der Waals surface area contributed by atoms with Crippen molar-refractivity contribution in [1.29, 1.82) is 0 Å². The molecule has 0 aromatic rings. The summed E-state index contributed by atoms with van der Waals surface area (Å²) in [6.07, 6.45) is 8.30. The lowest BCUT2D eigenvalue weighted by Crippen LogP contribution is -2.50. The fraction of sp³-hybridized carbons (Fsp3) is 0.955. The molecule has 0 aromatic heterocycles. The van der Waals surface area contributed by atoms with Crippen LogP contribution in [0.3, 0.4) is 0 Å². The second-order valence-electron chi connectivity index (χ2n) is 10.9. The van der Waals surface area contributed by atoms with Gasteiger partial charge in [-0.3, -0.25) is 0 Å². The maximum Gasteiger partial charge on any atom is 0.186 e. The summed E-state index contributed by atoms with van der Waals surface area (Å²) in [5, 5.41) is 20.1. The zero-order valence-corrected chi connectivity index (χ0v) is 17.5. The van der Waals surface area contributed by atoms with Gasteiger partial charge < -0.3 is 19.7 Å². The van der Waals surface area contributed by atoms with Crippen LogP contribution in [0.1, 0.15) is 86.5 Å². The van der Waals surface area contributed by atoms with Crippen molar-refractivity contribution in [2.24, 2.45) is 27.6 Å². The molecular formula is C22H38O4. The van der Waals surface area contributed by atoms with Crippen LogP contribution in [0.4, 0.5) is 0 Å². The molecule has 26 heavy (non-hydrogen) atoms. The van der Waals surface area contributed by atoms with Crippen molar-refractivity contribution in [1.82, 2.24) is 0 Å². The number of ether oxygens (including phenoxy) is 1. The van der Waals surface area contributed by atoms with Crippen molar-refractivity contribution >= 4 is 6.29 Å². The number of aldehydes is 1. The van der Waals surface area contributed by atoms with Crippen LogP contribution in [0.25, 0.3) is 0 Å². The third-order valence-corrected chi connectivity index (χ3v) is 9.06. The molecule has 6 atom stereocenters. The summed E-state index contributed by atoms with van der Waals surface area (Å²) in [6.45, 7) is 12.4. The molecule has 3 fully saturated rings. The Hall–Kier alpha value is -0.450. The maximum absolute atomic E-state index is 11.9. The third-order valence-electron chi connectivity index (χ3n) is 9.06. The number of rotatable bonds is 5. The molecule has 4 heteroatoms. The molecule has 4 nitrogen and oxygen atoms in total. The van der Waals surface area contributed by atoms with Crippen LogP contribution < -0.4 is 0 Å². The lowest BCUT2D eigenvalue weighted by atomic mass is 9.60. The number of carbonyl (C=O) groups is 1. The fourth-order valence-corrected chi connectivity index (χ4v) is 7.47. The normalized spacial score (nSPS) is 49.3. The van der Waals surface area contributed by atoms with Gasteiger partial charge in [0.2, 0.25) is 0 Å². The van der Waals surface area contributed by atoms with Gasteiger partial charge in [0.25, 0.3) is 0 Å². The van der Waals surface area contributed by atoms with E-state index in [-0.39, 0.29) is 21.7 Å². The number of aliphatic hydroxyl groups is 2. The van der Waals surface area contributed by atoms with E-state index >= 15 is 0 Å². The first-order chi connectivity index (χ1) is 11.8. The Morgan fingerprint density at radius 3 is 2.35 bits per heavy atom. The average molecular weight is 367 g/mol. The summed E-state index contributed by atoms with van der Waals surface area (Å²) in [6, 6.07) is 0. The zero-order chi connectivity index (χ0) is 19.6.